The zero-order chi connectivity index (χ0) is 10.9. The Kier molecular flexibility index (Phi) is 10.2. The monoisotopic (exact) mass is 186 g/mol. The van der Waals surface area contributed by atoms with Crippen molar-refractivity contribution in [2.45, 2.75) is 74.1 Å². The van der Waals surface area contributed by atoms with Crippen LogP contribution in [-0.2, 0) is 0 Å². The average Bonchev–Trinajstić information content (AvgIpc) is 2.84. The minimum absolute atomic E-state index is 0.750. The lowest BCUT2D eigenvalue weighted by atomic mass is 10.1. The van der Waals surface area contributed by atoms with Gasteiger partial charge in [0.05, 0.1) is 0 Å². The summed E-state index contributed by atoms with van der Waals surface area (Å²) in [5.74, 6) is 0.935. The molecule has 0 nitrogen and oxygen atoms in total. The van der Waals surface area contributed by atoms with Gasteiger partial charge < -0.3 is 0 Å². The Morgan fingerprint density at radius 3 is 1.23 bits per heavy atom. The molecule has 0 radical (unpaired) electrons. The predicted molar refractivity (Wildman–Crippen MR) is 64.1 cm³/mol. The van der Waals surface area contributed by atoms with Crippen molar-refractivity contribution in [2.75, 3.05) is 0 Å². The summed E-state index contributed by atoms with van der Waals surface area (Å²) in [6, 6.07) is 0. The molecule has 0 heterocycles. The van der Waals surface area contributed by atoms with Crippen molar-refractivity contribution in [1.82, 2.24) is 0 Å². The van der Waals surface area contributed by atoms with Gasteiger partial charge in [-0.15, -0.1) is 0 Å². The lowest BCUT2D eigenvalue weighted by Crippen LogP contribution is -1.85. The summed E-state index contributed by atoms with van der Waals surface area (Å²) in [7, 11) is 0. The molecule has 0 aromatic heterocycles. The molecule has 1 fully saturated rings. The first kappa shape index (κ1) is 15.5. The molecule has 0 N–H and O–H groups in total. The first-order chi connectivity index (χ1) is 6.02. The van der Waals surface area contributed by atoms with Crippen molar-refractivity contribution in [2.24, 2.45) is 11.3 Å². The highest BCUT2D eigenvalue weighted by Gasteiger charge is 2.30. The van der Waals surface area contributed by atoms with Crippen LogP contribution in [0, 0.1) is 11.3 Å². The van der Waals surface area contributed by atoms with Gasteiger partial charge in [-0.1, -0.05) is 61.3 Å². The standard InChI is InChI=1S/C6H14.C5H10.C2H6/c1-4-6(3)5-2;1-5(2)3-4-5;1-2/h6H,4-5H2,1-3H3;3-4H2,1-2H3;1-2H3. The zero-order valence-electron chi connectivity index (χ0n) is 10.9. The highest BCUT2D eigenvalue weighted by molar-refractivity contribution is 4.82. The van der Waals surface area contributed by atoms with E-state index in [1.165, 1.54) is 25.7 Å². The van der Waals surface area contributed by atoms with Gasteiger partial charge in [-0.05, 0) is 24.2 Å². The Labute approximate surface area is 86.1 Å². The summed E-state index contributed by atoms with van der Waals surface area (Å²) >= 11 is 0. The minimum atomic E-state index is 0.750. The van der Waals surface area contributed by atoms with E-state index in [9.17, 15) is 0 Å². The molecule has 82 valence electrons. The molecule has 0 saturated heterocycles. The molecule has 0 atom stereocenters. The van der Waals surface area contributed by atoms with Crippen LogP contribution in [0.2, 0.25) is 0 Å². The maximum atomic E-state index is 2.30. The van der Waals surface area contributed by atoms with Crippen molar-refractivity contribution in [1.29, 1.82) is 0 Å². The SMILES string of the molecule is CC.CC1(C)CC1.CCC(C)CC. The average molecular weight is 186 g/mol. The van der Waals surface area contributed by atoms with Gasteiger partial charge >= 0.3 is 0 Å². The zero-order valence-corrected chi connectivity index (χ0v) is 10.9. The van der Waals surface area contributed by atoms with Crippen molar-refractivity contribution < 1.29 is 0 Å². The quantitative estimate of drug-likeness (QED) is 0.551. The van der Waals surface area contributed by atoms with E-state index in [-0.39, 0.29) is 0 Å². The highest BCUT2D eigenvalue weighted by atomic mass is 14.4. The van der Waals surface area contributed by atoms with Gasteiger partial charge in [0.25, 0.3) is 0 Å². The van der Waals surface area contributed by atoms with Crippen molar-refractivity contribution >= 4 is 0 Å². The van der Waals surface area contributed by atoms with Gasteiger partial charge in [0.2, 0.25) is 0 Å². The van der Waals surface area contributed by atoms with E-state index in [0.717, 1.165) is 11.3 Å². The molecule has 0 heteroatoms. The second kappa shape index (κ2) is 8.59. The number of hydrogen-bond donors (Lipinski definition) is 0. The van der Waals surface area contributed by atoms with Crippen LogP contribution in [0.3, 0.4) is 0 Å². The summed E-state index contributed by atoms with van der Waals surface area (Å²) in [4.78, 5) is 0. The molecule has 1 aliphatic rings. The number of hydrogen-bond acceptors (Lipinski definition) is 0. The fraction of sp³-hybridized carbons (Fsp3) is 1.00. The van der Waals surface area contributed by atoms with Gasteiger partial charge in [-0.25, -0.2) is 0 Å². The summed E-state index contributed by atoms with van der Waals surface area (Å²) < 4.78 is 0. The highest BCUT2D eigenvalue weighted by Crippen LogP contribution is 2.43. The third-order valence-electron chi connectivity index (χ3n) is 2.64. The van der Waals surface area contributed by atoms with Crippen LogP contribution in [0.15, 0.2) is 0 Å². The van der Waals surface area contributed by atoms with Crippen molar-refractivity contribution in [3.63, 3.8) is 0 Å². The lowest BCUT2D eigenvalue weighted by molar-refractivity contribution is 0.544. The van der Waals surface area contributed by atoms with E-state index >= 15 is 0 Å². The van der Waals surface area contributed by atoms with Gasteiger partial charge in [0.15, 0.2) is 0 Å². The fourth-order valence-electron chi connectivity index (χ4n) is 0.539. The van der Waals surface area contributed by atoms with Crippen LogP contribution in [0.5, 0.6) is 0 Å². The molecule has 0 aromatic rings. The molecule has 0 bridgehead atoms. The van der Waals surface area contributed by atoms with Gasteiger partial charge in [-0.2, -0.15) is 0 Å². The van der Waals surface area contributed by atoms with E-state index in [1.54, 1.807) is 0 Å². The molecule has 1 rings (SSSR count). The van der Waals surface area contributed by atoms with E-state index in [4.69, 9.17) is 0 Å². The molecular weight excluding hydrogens is 156 g/mol. The van der Waals surface area contributed by atoms with E-state index in [2.05, 4.69) is 34.6 Å². The topological polar surface area (TPSA) is 0 Å². The largest absolute Gasteiger partial charge is 0.0683 e. The van der Waals surface area contributed by atoms with Crippen LogP contribution >= 0.6 is 0 Å². The molecule has 1 saturated carbocycles. The minimum Gasteiger partial charge on any atom is -0.0683 e. The predicted octanol–water partition coefficient (Wildman–Crippen LogP) is 5.28. The Hall–Kier alpha value is 0. The summed E-state index contributed by atoms with van der Waals surface area (Å²) in [6.07, 6.45) is 5.56. The Balaban J connectivity index is 0. The van der Waals surface area contributed by atoms with Gasteiger partial charge in [0, 0.05) is 0 Å². The second-order valence-corrected chi connectivity index (χ2v) is 4.59. The maximum Gasteiger partial charge on any atom is -0.0354 e. The first-order valence-electron chi connectivity index (χ1n) is 6.02. The molecule has 0 unspecified atom stereocenters. The third kappa shape index (κ3) is 14.8. The van der Waals surface area contributed by atoms with E-state index < -0.39 is 0 Å². The first-order valence-corrected chi connectivity index (χ1v) is 6.02. The van der Waals surface area contributed by atoms with E-state index in [0.29, 0.717) is 0 Å². The molecule has 13 heavy (non-hydrogen) atoms. The Morgan fingerprint density at radius 1 is 1.00 bits per heavy atom. The maximum absolute atomic E-state index is 2.30. The Morgan fingerprint density at radius 2 is 1.23 bits per heavy atom. The van der Waals surface area contributed by atoms with Crippen LogP contribution in [0.25, 0.3) is 0 Å². The normalized spacial score (nSPS) is 16.6. The summed E-state index contributed by atoms with van der Waals surface area (Å²) in [6.45, 7) is 15.3. The van der Waals surface area contributed by atoms with Crippen LogP contribution in [0.4, 0.5) is 0 Å². The molecule has 0 aromatic carbocycles. The molecule has 0 aliphatic heterocycles. The van der Waals surface area contributed by atoms with Gasteiger partial charge in [0.1, 0.15) is 0 Å². The summed E-state index contributed by atoms with van der Waals surface area (Å²) in [5.41, 5.74) is 0.750. The smallest absolute Gasteiger partial charge is 0.0354 e. The van der Waals surface area contributed by atoms with Crippen molar-refractivity contribution in [3.05, 3.63) is 0 Å². The molecule has 0 spiro atoms. The third-order valence-corrected chi connectivity index (χ3v) is 2.64. The van der Waals surface area contributed by atoms with Crippen LogP contribution in [-0.4, -0.2) is 0 Å². The molecular formula is C13H30. The molecule has 1 aliphatic carbocycles. The Bertz CT molecular complexity index is 82.2. The van der Waals surface area contributed by atoms with Gasteiger partial charge in [-0.3, -0.25) is 0 Å². The van der Waals surface area contributed by atoms with E-state index in [1.807, 2.05) is 13.8 Å². The van der Waals surface area contributed by atoms with Crippen LogP contribution < -0.4 is 0 Å². The van der Waals surface area contributed by atoms with Crippen molar-refractivity contribution in [3.8, 4) is 0 Å². The second-order valence-electron chi connectivity index (χ2n) is 4.59. The fourth-order valence-corrected chi connectivity index (χ4v) is 0.539. The molecule has 0 amide bonds. The summed E-state index contributed by atoms with van der Waals surface area (Å²) in [5, 5.41) is 0. The lowest BCUT2D eigenvalue weighted by Gasteiger charge is -1.98. The van der Waals surface area contributed by atoms with Crippen LogP contribution in [0.1, 0.15) is 74.1 Å². The number of rotatable bonds is 2.